The fourth-order valence-electron chi connectivity index (χ4n) is 0.991. The maximum absolute atomic E-state index is 3.66. The summed E-state index contributed by atoms with van der Waals surface area (Å²) in [4.78, 5) is 2.30. The number of hydrogen-bond donors (Lipinski definition) is 0. The first-order valence-corrected chi connectivity index (χ1v) is 3.12. The van der Waals surface area contributed by atoms with E-state index < -0.39 is 0 Å². The fraction of sp³-hybridized carbons (Fsp3) is 0.571. The molecule has 0 aliphatic carbocycles. The summed E-state index contributed by atoms with van der Waals surface area (Å²) in [6, 6.07) is 0. The van der Waals surface area contributed by atoms with Crippen LogP contribution in [0.3, 0.4) is 0 Å². The number of nitrogens with zero attached hydrogens (tertiary/aromatic N) is 1. The first kappa shape index (κ1) is 9.30. The Balaban J connectivity index is 0.000000640. The number of rotatable bonds is 2. The van der Waals surface area contributed by atoms with Crippen LogP contribution in [0.4, 0.5) is 0 Å². The summed E-state index contributed by atoms with van der Waals surface area (Å²) < 4.78 is 0. The van der Waals surface area contributed by atoms with Crippen LogP contribution in [-0.4, -0.2) is 18.0 Å². The molecule has 0 atom stereocenters. The van der Waals surface area contributed by atoms with Crippen LogP contribution < -0.4 is 18.9 Å². The average Bonchev–Trinajstić information content (AvgIpc) is 2.19. The second-order valence-electron chi connectivity index (χ2n) is 2.11. The Kier molecular flexibility index (Phi) is 5.28. The predicted octanol–water partition coefficient (Wildman–Crippen LogP) is -1.57. The molecule has 46 valence electrons. The van der Waals surface area contributed by atoms with E-state index in [0.717, 1.165) is 6.54 Å². The van der Waals surface area contributed by atoms with Crippen LogP contribution in [0.25, 0.3) is 0 Å². The van der Waals surface area contributed by atoms with Gasteiger partial charge >= 0.3 is 18.9 Å². The van der Waals surface area contributed by atoms with Crippen molar-refractivity contribution in [3.63, 3.8) is 0 Å². The van der Waals surface area contributed by atoms with Gasteiger partial charge in [-0.2, -0.15) is 6.42 Å². The molecule has 0 aromatic heterocycles. The summed E-state index contributed by atoms with van der Waals surface area (Å²) in [5.41, 5.74) is 0. The average molecular weight is 117 g/mol. The largest absolute Gasteiger partial charge is 1.00 e. The van der Waals surface area contributed by atoms with E-state index >= 15 is 0 Å². The molecule has 0 spiro atoms. The van der Waals surface area contributed by atoms with Crippen LogP contribution in [0, 0.1) is 6.54 Å². The van der Waals surface area contributed by atoms with Gasteiger partial charge in [0.15, 0.2) is 0 Å². The van der Waals surface area contributed by atoms with Crippen LogP contribution in [0.5, 0.6) is 0 Å². The van der Waals surface area contributed by atoms with Gasteiger partial charge in [0.25, 0.3) is 0 Å². The monoisotopic (exact) mass is 117 g/mol. The number of hydrogen-bond acceptors (Lipinski definition) is 1. The zero-order valence-electron chi connectivity index (χ0n) is 6.14. The van der Waals surface area contributed by atoms with Crippen molar-refractivity contribution < 1.29 is 18.9 Å². The van der Waals surface area contributed by atoms with Crippen LogP contribution in [0.1, 0.15) is 12.8 Å². The van der Waals surface area contributed by atoms with Crippen molar-refractivity contribution >= 4 is 0 Å². The van der Waals surface area contributed by atoms with Crippen LogP contribution in [0.2, 0.25) is 0 Å². The predicted molar refractivity (Wildman–Crippen MR) is 35.3 cm³/mol. The van der Waals surface area contributed by atoms with Gasteiger partial charge in [-0.25, -0.2) is 0 Å². The molecular weight excluding hydrogens is 105 g/mol. The molecule has 0 bridgehead atoms. The van der Waals surface area contributed by atoms with E-state index in [0.29, 0.717) is 0 Å². The van der Waals surface area contributed by atoms with Crippen molar-refractivity contribution in [3.8, 4) is 0 Å². The fourth-order valence-corrected chi connectivity index (χ4v) is 0.991. The van der Waals surface area contributed by atoms with E-state index in [1.54, 1.807) is 0 Å². The summed E-state index contributed by atoms with van der Waals surface area (Å²) >= 11 is 0. The third kappa shape index (κ3) is 3.10. The maximum Gasteiger partial charge on any atom is 1.00 e. The SMILES string of the molecule is C=CCN1[CH-]CCC1.[Li+]. The van der Waals surface area contributed by atoms with Gasteiger partial charge in [-0.1, -0.05) is 12.5 Å². The Morgan fingerprint density at radius 3 is 2.89 bits per heavy atom. The Morgan fingerprint density at radius 2 is 2.44 bits per heavy atom. The van der Waals surface area contributed by atoms with Gasteiger partial charge in [0, 0.05) is 0 Å². The molecule has 0 aromatic carbocycles. The molecule has 1 aliphatic heterocycles. The van der Waals surface area contributed by atoms with E-state index in [2.05, 4.69) is 18.0 Å². The summed E-state index contributed by atoms with van der Waals surface area (Å²) in [6.07, 6.45) is 4.53. The van der Waals surface area contributed by atoms with Gasteiger partial charge in [-0.15, -0.1) is 6.58 Å². The van der Waals surface area contributed by atoms with E-state index in [1.807, 2.05) is 6.08 Å². The third-order valence-corrected chi connectivity index (χ3v) is 1.40. The van der Waals surface area contributed by atoms with Crippen LogP contribution >= 0.6 is 0 Å². The second-order valence-corrected chi connectivity index (χ2v) is 2.11. The Hall–Kier alpha value is 0.297. The molecular formula is C7H12LiN. The van der Waals surface area contributed by atoms with Crippen molar-refractivity contribution in [2.75, 3.05) is 13.1 Å². The van der Waals surface area contributed by atoms with E-state index in [-0.39, 0.29) is 18.9 Å². The Bertz CT molecular complexity index is 77.0. The molecule has 0 N–H and O–H groups in total. The van der Waals surface area contributed by atoms with Gasteiger partial charge in [0.2, 0.25) is 0 Å². The van der Waals surface area contributed by atoms with Gasteiger partial charge in [0.05, 0.1) is 0 Å². The van der Waals surface area contributed by atoms with Crippen molar-refractivity contribution in [3.05, 3.63) is 19.2 Å². The van der Waals surface area contributed by atoms with Crippen LogP contribution in [0.15, 0.2) is 12.7 Å². The first-order chi connectivity index (χ1) is 3.93. The quantitative estimate of drug-likeness (QED) is 0.240. The zero-order chi connectivity index (χ0) is 5.82. The third-order valence-electron chi connectivity index (χ3n) is 1.40. The van der Waals surface area contributed by atoms with Gasteiger partial charge in [-0.3, -0.25) is 6.54 Å². The molecule has 0 saturated carbocycles. The molecule has 0 aromatic rings. The topological polar surface area (TPSA) is 3.24 Å². The van der Waals surface area contributed by atoms with E-state index in [4.69, 9.17) is 0 Å². The Labute approximate surface area is 69.3 Å². The minimum atomic E-state index is 0. The van der Waals surface area contributed by atoms with Crippen molar-refractivity contribution in [1.82, 2.24) is 4.90 Å². The zero-order valence-corrected chi connectivity index (χ0v) is 6.14. The minimum Gasteiger partial charge on any atom is -0.453 e. The molecule has 9 heavy (non-hydrogen) atoms. The molecule has 1 heterocycles. The molecule has 1 nitrogen and oxygen atoms in total. The first-order valence-electron chi connectivity index (χ1n) is 3.12. The summed E-state index contributed by atoms with van der Waals surface area (Å²) in [6.45, 7) is 8.17. The number of likely N-dealkylation sites (tertiary alicyclic amines) is 1. The smallest absolute Gasteiger partial charge is 0.453 e. The molecule has 1 aliphatic rings. The molecule has 0 radical (unpaired) electrons. The summed E-state index contributed by atoms with van der Waals surface area (Å²) in [5, 5.41) is 0. The normalized spacial score (nSPS) is 19.1. The van der Waals surface area contributed by atoms with Gasteiger partial charge < -0.3 is 4.90 Å². The second kappa shape index (κ2) is 5.11. The van der Waals surface area contributed by atoms with Crippen molar-refractivity contribution in [1.29, 1.82) is 0 Å². The Morgan fingerprint density at radius 1 is 1.67 bits per heavy atom. The maximum atomic E-state index is 3.66. The minimum absolute atomic E-state index is 0. The summed E-state index contributed by atoms with van der Waals surface area (Å²) in [5.74, 6) is 0. The molecule has 0 amide bonds. The molecule has 0 unspecified atom stereocenters. The molecule has 2 heteroatoms. The van der Waals surface area contributed by atoms with E-state index in [1.165, 1.54) is 19.4 Å². The van der Waals surface area contributed by atoms with Crippen molar-refractivity contribution in [2.24, 2.45) is 0 Å². The standard InChI is InChI=1S/C7H12N.Li/c1-2-5-8-6-3-4-7-8;/h2,6H,1,3-5,7H2;/q-1;+1. The van der Waals surface area contributed by atoms with Crippen molar-refractivity contribution in [2.45, 2.75) is 12.8 Å². The molecule has 1 rings (SSSR count). The molecule has 1 saturated heterocycles. The van der Waals surface area contributed by atoms with Crippen LogP contribution in [-0.2, 0) is 0 Å². The van der Waals surface area contributed by atoms with Gasteiger partial charge in [0.1, 0.15) is 0 Å². The molecule has 1 fully saturated rings. The van der Waals surface area contributed by atoms with Gasteiger partial charge in [-0.05, 0) is 13.1 Å². The summed E-state index contributed by atoms with van der Waals surface area (Å²) in [7, 11) is 0. The van der Waals surface area contributed by atoms with E-state index in [9.17, 15) is 0 Å².